The van der Waals surface area contributed by atoms with Gasteiger partial charge in [0.05, 0.1) is 10.6 Å². The van der Waals surface area contributed by atoms with Crippen LogP contribution in [0.4, 0.5) is 4.39 Å². The van der Waals surface area contributed by atoms with Crippen LogP contribution in [0.15, 0.2) is 36.4 Å². The zero-order chi connectivity index (χ0) is 14.7. The second-order valence-corrected chi connectivity index (χ2v) is 4.74. The number of rotatable bonds is 4. The van der Waals surface area contributed by atoms with Crippen LogP contribution in [0.1, 0.15) is 21.5 Å². The van der Waals surface area contributed by atoms with Gasteiger partial charge in [0, 0.05) is 5.56 Å². The third kappa shape index (κ3) is 3.27. The monoisotopic (exact) mass is 294 g/mol. The molecule has 104 valence electrons. The average molecular weight is 295 g/mol. The van der Waals surface area contributed by atoms with Crippen molar-refractivity contribution < 1.29 is 19.0 Å². The average Bonchev–Trinajstić information content (AvgIpc) is 2.39. The van der Waals surface area contributed by atoms with E-state index in [0.29, 0.717) is 10.8 Å². The number of benzene rings is 2. The zero-order valence-corrected chi connectivity index (χ0v) is 11.4. The van der Waals surface area contributed by atoms with Crippen molar-refractivity contribution in [3.8, 4) is 5.75 Å². The fourth-order valence-corrected chi connectivity index (χ4v) is 1.94. The van der Waals surface area contributed by atoms with Crippen LogP contribution in [-0.2, 0) is 6.61 Å². The minimum Gasteiger partial charge on any atom is -0.487 e. The van der Waals surface area contributed by atoms with Crippen molar-refractivity contribution in [1.29, 1.82) is 0 Å². The van der Waals surface area contributed by atoms with E-state index < -0.39 is 11.8 Å². The molecule has 0 bridgehead atoms. The molecule has 1 N–H and O–H groups in total. The Morgan fingerprint density at radius 3 is 2.75 bits per heavy atom. The van der Waals surface area contributed by atoms with E-state index in [0.717, 1.165) is 17.7 Å². The summed E-state index contributed by atoms with van der Waals surface area (Å²) in [5, 5.41) is 9.47. The van der Waals surface area contributed by atoms with Gasteiger partial charge < -0.3 is 9.84 Å². The number of hydrogen-bond donors (Lipinski definition) is 1. The molecule has 2 aromatic carbocycles. The van der Waals surface area contributed by atoms with Crippen LogP contribution in [0, 0.1) is 12.7 Å². The van der Waals surface area contributed by atoms with E-state index in [4.69, 9.17) is 21.4 Å². The molecule has 0 aliphatic heterocycles. The Morgan fingerprint density at radius 1 is 1.30 bits per heavy atom. The van der Waals surface area contributed by atoms with E-state index in [1.54, 1.807) is 12.1 Å². The number of carbonyl (C=O) groups is 1. The van der Waals surface area contributed by atoms with Crippen molar-refractivity contribution in [3.05, 3.63) is 63.9 Å². The van der Waals surface area contributed by atoms with Gasteiger partial charge in [-0.2, -0.15) is 0 Å². The van der Waals surface area contributed by atoms with Crippen molar-refractivity contribution in [1.82, 2.24) is 0 Å². The lowest BCUT2D eigenvalue weighted by atomic mass is 10.1. The van der Waals surface area contributed by atoms with Crippen LogP contribution in [0.2, 0.25) is 5.02 Å². The smallest absolute Gasteiger partial charge is 0.336 e. The molecule has 0 atom stereocenters. The first-order valence-electron chi connectivity index (χ1n) is 5.88. The van der Waals surface area contributed by atoms with Gasteiger partial charge in [0.25, 0.3) is 0 Å². The number of aryl methyl sites for hydroxylation is 1. The molecule has 20 heavy (non-hydrogen) atoms. The van der Waals surface area contributed by atoms with Gasteiger partial charge in [-0.3, -0.25) is 0 Å². The summed E-state index contributed by atoms with van der Waals surface area (Å²) in [6.07, 6.45) is 0. The number of carboxylic acid groups (broad SMARTS) is 1. The molecule has 0 saturated heterocycles. The van der Waals surface area contributed by atoms with E-state index in [1.165, 1.54) is 6.07 Å². The molecule has 0 unspecified atom stereocenters. The first-order valence-corrected chi connectivity index (χ1v) is 6.26. The topological polar surface area (TPSA) is 46.5 Å². The van der Waals surface area contributed by atoms with E-state index >= 15 is 0 Å². The van der Waals surface area contributed by atoms with Gasteiger partial charge >= 0.3 is 5.97 Å². The third-order valence-corrected chi connectivity index (χ3v) is 3.08. The van der Waals surface area contributed by atoms with E-state index in [1.807, 2.05) is 13.0 Å². The Balaban J connectivity index is 2.24. The van der Waals surface area contributed by atoms with Crippen molar-refractivity contribution in [3.63, 3.8) is 0 Å². The number of halogens is 2. The quantitative estimate of drug-likeness (QED) is 0.925. The number of carboxylic acids is 1. The van der Waals surface area contributed by atoms with E-state index in [2.05, 4.69) is 0 Å². The lowest BCUT2D eigenvalue weighted by molar-refractivity contribution is 0.0694. The maximum absolute atomic E-state index is 13.2. The summed E-state index contributed by atoms with van der Waals surface area (Å²) in [5.41, 5.74) is 1.23. The number of aromatic carboxylic acids is 1. The molecule has 0 spiro atoms. The van der Waals surface area contributed by atoms with Crippen LogP contribution in [0.3, 0.4) is 0 Å². The first kappa shape index (κ1) is 14.3. The highest BCUT2D eigenvalue weighted by Crippen LogP contribution is 2.26. The third-order valence-electron chi connectivity index (χ3n) is 2.77. The fraction of sp³-hybridized carbons (Fsp3) is 0.133. The molecule has 5 heteroatoms. The standard InChI is InChI=1S/C15H12ClFO3/c1-9-2-5-13(16)14(6-9)20-8-10-7-11(17)3-4-12(10)15(18)19/h2-7H,8H2,1H3,(H,18,19). The zero-order valence-electron chi connectivity index (χ0n) is 10.7. The second kappa shape index (κ2) is 5.92. The molecule has 2 aromatic rings. The highest BCUT2D eigenvalue weighted by atomic mass is 35.5. The van der Waals surface area contributed by atoms with Gasteiger partial charge in [0.15, 0.2) is 0 Å². The van der Waals surface area contributed by atoms with Gasteiger partial charge in [-0.25, -0.2) is 9.18 Å². The molecular formula is C15H12ClFO3. The Morgan fingerprint density at radius 2 is 2.05 bits per heavy atom. The molecular weight excluding hydrogens is 283 g/mol. The summed E-state index contributed by atoms with van der Waals surface area (Å²) in [6, 6.07) is 8.73. The molecule has 0 fully saturated rings. The lowest BCUT2D eigenvalue weighted by Crippen LogP contribution is -2.06. The van der Waals surface area contributed by atoms with Crippen LogP contribution in [-0.4, -0.2) is 11.1 Å². The van der Waals surface area contributed by atoms with Crippen LogP contribution >= 0.6 is 11.6 Å². The van der Waals surface area contributed by atoms with Gasteiger partial charge in [-0.15, -0.1) is 0 Å². The largest absolute Gasteiger partial charge is 0.487 e. The predicted octanol–water partition coefficient (Wildman–Crippen LogP) is 4.06. The molecule has 0 radical (unpaired) electrons. The van der Waals surface area contributed by atoms with Crippen LogP contribution in [0.5, 0.6) is 5.75 Å². The van der Waals surface area contributed by atoms with E-state index in [9.17, 15) is 9.18 Å². The molecule has 2 rings (SSSR count). The highest BCUT2D eigenvalue weighted by molar-refractivity contribution is 6.32. The second-order valence-electron chi connectivity index (χ2n) is 4.33. The Kier molecular flexibility index (Phi) is 4.25. The van der Waals surface area contributed by atoms with Crippen molar-refractivity contribution in [2.24, 2.45) is 0 Å². The Labute approximate surface area is 120 Å². The molecule has 0 saturated carbocycles. The minimum absolute atomic E-state index is 0.00942. The number of hydrogen-bond acceptors (Lipinski definition) is 2. The van der Waals surface area contributed by atoms with Crippen molar-refractivity contribution >= 4 is 17.6 Å². The maximum Gasteiger partial charge on any atom is 0.336 e. The highest BCUT2D eigenvalue weighted by Gasteiger charge is 2.12. The summed E-state index contributed by atoms with van der Waals surface area (Å²) < 4.78 is 18.7. The molecule has 0 aromatic heterocycles. The van der Waals surface area contributed by atoms with Crippen molar-refractivity contribution in [2.75, 3.05) is 0 Å². The summed E-state index contributed by atoms with van der Waals surface area (Å²) in [7, 11) is 0. The van der Waals surface area contributed by atoms with Crippen LogP contribution in [0.25, 0.3) is 0 Å². The molecule has 0 aliphatic rings. The Bertz CT molecular complexity index is 656. The summed E-state index contributed by atoms with van der Waals surface area (Å²) in [5.74, 6) is -1.20. The van der Waals surface area contributed by atoms with Crippen LogP contribution < -0.4 is 4.74 Å². The fourth-order valence-electron chi connectivity index (χ4n) is 1.77. The molecule has 0 heterocycles. The normalized spacial score (nSPS) is 10.3. The van der Waals surface area contributed by atoms with E-state index in [-0.39, 0.29) is 17.7 Å². The van der Waals surface area contributed by atoms with Gasteiger partial charge in [-0.1, -0.05) is 17.7 Å². The summed E-state index contributed by atoms with van der Waals surface area (Å²) in [4.78, 5) is 11.1. The first-order chi connectivity index (χ1) is 9.47. The maximum atomic E-state index is 13.2. The van der Waals surface area contributed by atoms with Gasteiger partial charge in [-0.05, 0) is 42.8 Å². The molecule has 0 aliphatic carbocycles. The SMILES string of the molecule is Cc1ccc(Cl)c(OCc2cc(F)ccc2C(=O)O)c1. The number of ether oxygens (including phenoxy) is 1. The van der Waals surface area contributed by atoms with Crippen molar-refractivity contribution in [2.45, 2.75) is 13.5 Å². The van der Waals surface area contributed by atoms with Gasteiger partial charge in [0.1, 0.15) is 18.2 Å². The van der Waals surface area contributed by atoms with Gasteiger partial charge in [0.2, 0.25) is 0 Å². The molecule has 3 nitrogen and oxygen atoms in total. The summed E-state index contributed by atoms with van der Waals surface area (Å²) >= 11 is 5.98. The predicted molar refractivity (Wildman–Crippen MR) is 73.9 cm³/mol. The molecule has 0 amide bonds. The summed E-state index contributed by atoms with van der Waals surface area (Å²) in [6.45, 7) is 1.82. The lowest BCUT2D eigenvalue weighted by Gasteiger charge is -2.11. The minimum atomic E-state index is -1.13. The Hall–Kier alpha value is -2.07.